The van der Waals surface area contributed by atoms with Crippen LogP contribution in [0.4, 0.5) is 5.69 Å². The fourth-order valence-electron chi connectivity index (χ4n) is 2.61. The van der Waals surface area contributed by atoms with E-state index in [2.05, 4.69) is 50.5 Å². The third-order valence-corrected chi connectivity index (χ3v) is 5.84. The molecule has 1 amide bonds. The molecule has 0 atom stereocenters. The van der Waals surface area contributed by atoms with Crippen molar-refractivity contribution >= 4 is 74.5 Å². The zero-order valence-corrected chi connectivity index (χ0v) is 20.6. The van der Waals surface area contributed by atoms with Crippen molar-refractivity contribution in [1.82, 2.24) is 0 Å². The van der Waals surface area contributed by atoms with E-state index in [9.17, 15) is 10.1 Å². The molecule has 0 aliphatic rings. The first-order valence-electron chi connectivity index (χ1n) is 8.81. The van der Waals surface area contributed by atoms with Gasteiger partial charge in [-0.1, -0.05) is 48.0 Å². The van der Waals surface area contributed by atoms with E-state index >= 15 is 0 Å². The second-order valence-corrected chi connectivity index (χ2v) is 8.98. The first-order chi connectivity index (χ1) is 14.5. The van der Waals surface area contributed by atoms with Gasteiger partial charge in [-0.15, -0.1) is 0 Å². The fourth-order valence-corrected chi connectivity index (χ4v) is 4.93. The van der Waals surface area contributed by atoms with Gasteiger partial charge in [-0.2, -0.15) is 5.26 Å². The van der Waals surface area contributed by atoms with Gasteiger partial charge < -0.3 is 10.1 Å². The van der Waals surface area contributed by atoms with Crippen molar-refractivity contribution < 1.29 is 9.53 Å². The lowest BCUT2D eigenvalue weighted by molar-refractivity contribution is -0.112. The summed E-state index contributed by atoms with van der Waals surface area (Å²) in [5.41, 5.74) is 2.35. The van der Waals surface area contributed by atoms with E-state index in [0.717, 1.165) is 24.0 Å². The minimum atomic E-state index is -0.491. The molecule has 3 rings (SSSR count). The first kappa shape index (κ1) is 22.6. The van der Waals surface area contributed by atoms with Crippen LogP contribution in [0.25, 0.3) is 6.08 Å². The van der Waals surface area contributed by atoms with Gasteiger partial charge in [-0.05, 0) is 92.7 Å². The summed E-state index contributed by atoms with van der Waals surface area (Å²) in [6.07, 6.45) is 1.56. The van der Waals surface area contributed by atoms with Crippen LogP contribution in [0.3, 0.4) is 0 Å². The number of halogens is 3. The lowest BCUT2D eigenvalue weighted by atomic mass is 10.1. The van der Waals surface area contributed by atoms with Gasteiger partial charge in [-0.25, -0.2) is 0 Å². The molecule has 0 spiro atoms. The van der Waals surface area contributed by atoms with Crippen molar-refractivity contribution in [3.05, 3.63) is 95.6 Å². The molecule has 0 bridgehead atoms. The lowest BCUT2D eigenvalue weighted by Gasteiger charge is -2.12. The van der Waals surface area contributed by atoms with Gasteiger partial charge in [0.15, 0.2) is 0 Å². The van der Waals surface area contributed by atoms with Crippen molar-refractivity contribution in [2.24, 2.45) is 0 Å². The summed E-state index contributed by atoms with van der Waals surface area (Å²) < 4.78 is 7.78. The van der Waals surface area contributed by atoms with Crippen molar-refractivity contribution in [2.45, 2.75) is 6.61 Å². The molecule has 0 saturated carbocycles. The molecular weight excluding hydrogens is 626 g/mol. The topological polar surface area (TPSA) is 62.1 Å². The minimum Gasteiger partial charge on any atom is -0.487 e. The summed E-state index contributed by atoms with van der Waals surface area (Å²) in [5, 5.41) is 12.7. The highest BCUT2D eigenvalue weighted by Crippen LogP contribution is 2.30. The number of nitrogens with one attached hydrogen (secondary N) is 1. The summed E-state index contributed by atoms with van der Waals surface area (Å²) in [6, 6.07) is 22.4. The SMILES string of the molecule is N#C/C(=C\c1cc(I)c(OCc2ccccc2)c(I)c1)C(=O)Nc1cccc(Cl)c1. The number of carbonyl (C=O) groups is 1. The Hall–Kier alpha value is -2.09. The molecule has 3 aromatic rings. The highest BCUT2D eigenvalue weighted by atomic mass is 127. The average Bonchev–Trinajstić information content (AvgIpc) is 2.72. The van der Waals surface area contributed by atoms with Crippen LogP contribution in [0.2, 0.25) is 5.02 Å². The summed E-state index contributed by atoms with van der Waals surface area (Å²) in [4.78, 5) is 12.5. The number of hydrogen-bond donors (Lipinski definition) is 1. The maximum atomic E-state index is 12.5. The fraction of sp³-hybridized carbons (Fsp3) is 0.0435. The number of nitriles is 1. The maximum Gasteiger partial charge on any atom is 0.266 e. The van der Waals surface area contributed by atoms with Crippen LogP contribution in [0.15, 0.2) is 72.3 Å². The molecule has 0 radical (unpaired) electrons. The van der Waals surface area contributed by atoms with Crippen molar-refractivity contribution in [3.63, 3.8) is 0 Å². The third-order valence-electron chi connectivity index (χ3n) is 4.01. The van der Waals surface area contributed by atoms with Gasteiger partial charge in [0.2, 0.25) is 0 Å². The molecule has 1 N–H and O–H groups in total. The lowest BCUT2D eigenvalue weighted by Crippen LogP contribution is -2.13. The third kappa shape index (κ3) is 6.20. The predicted octanol–water partition coefficient (Wildman–Crippen LogP) is 6.67. The predicted molar refractivity (Wildman–Crippen MR) is 136 cm³/mol. The number of benzene rings is 3. The molecule has 0 fully saturated rings. The van der Waals surface area contributed by atoms with E-state index in [1.807, 2.05) is 48.5 Å². The molecule has 150 valence electrons. The van der Waals surface area contributed by atoms with E-state index in [0.29, 0.717) is 17.3 Å². The van der Waals surface area contributed by atoms with Gasteiger partial charge in [0.25, 0.3) is 5.91 Å². The van der Waals surface area contributed by atoms with Crippen LogP contribution in [-0.2, 0) is 11.4 Å². The summed E-state index contributed by atoms with van der Waals surface area (Å²) in [5.74, 6) is 0.285. The van der Waals surface area contributed by atoms with Crippen LogP contribution >= 0.6 is 56.8 Å². The Kier molecular flexibility index (Phi) is 8.13. The molecule has 4 nitrogen and oxygen atoms in total. The highest BCUT2D eigenvalue weighted by Gasteiger charge is 2.13. The van der Waals surface area contributed by atoms with Gasteiger partial charge >= 0.3 is 0 Å². The van der Waals surface area contributed by atoms with Crippen molar-refractivity contribution in [2.75, 3.05) is 5.32 Å². The van der Waals surface area contributed by atoms with Gasteiger partial charge in [-0.3, -0.25) is 4.79 Å². The van der Waals surface area contributed by atoms with Crippen molar-refractivity contribution in [3.8, 4) is 11.8 Å². The van der Waals surface area contributed by atoms with Gasteiger partial charge in [0.1, 0.15) is 24.0 Å². The van der Waals surface area contributed by atoms with Crippen LogP contribution < -0.4 is 10.1 Å². The Morgan fingerprint density at radius 3 is 2.40 bits per heavy atom. The Labute approximate surface area is 207 Å². The number of rotatable bonds is 6. The normalized spacial score (nSPS) is 10.9. The zero-order valence-electron chi connectivity index (χ0n) is 15.5. The molecule has 0 aliphatic heterocycles. The van der Waals surface area contributed by atoms with Crippen LogP contribution in [0.5, 0.6) is 5.75 Å². The smallest absolute Gasteiger partial charge is 0.266 e. The number of hydrogen-bond acceptors (Lipinski definition) is 3. The van der Waals surface area contributed by atoms with Gasteiger partial charge in [0, 0.05) is 10.7 Å². The average molecular weight is 641 g/mol. The molecule has 0 unspecified atom stereocenters. The van der Waals surface area contributed by atoms with Crippen LogP contribution in [-0.4, -0.2) is 5.91 Å². The zero-order chi connectivity index (χ0) is 21.5. The molecule has 0 aromatic heterocycles. The number of nitrogens with zero attached hydrogens (tertiary/aromatic N) is 1. The molecule has 0 heterocycles. The maximum absolute atomic E-state index is 12.5. The second-order valence-electron chi connectivity index (χ2n) is 6.22. The van der Waals surface area contributed by atoms with E-state index in [1.165, 1.54) is 0 Å². The monoisotopic (exact) mass is 640 g/mol. The number of amides is 1. The first-order valence-corrected chi connectivity index (χ1v) is 11.3. The minimum absolute atomic E-state index is 0.000436. The van der Waals surface area contributed by atoms with Crippen molar-refractivity contribution in [1.29, 1.82) is 5.26 Å². The number of anilines is 1. The Bertz CT molecular complexity index is 1120. The quantitative estimate of drug-likeness (QED) is 0.186. The molecule has 3 aromatic carbocycles. The summed E-state index contributed by atoms with van der Waals surface area (Å²) >= 11 is 10.3. The van der Waals surface area contributed by atoms with E-state index in [1.54, 1.807) is 30.3 Å². The second kappa shape index (κ2) is 10.8. The largest absolute Gasteiger partial charge is 0.487 e. The number of carbonyl (C=O) groups excluding carboxylic acids is 1. The summed E-state index contributed by atoms with van der Waals surface area (Å²) in [6.45, 7) is 0.466. The van der Waals surface area contributed by atoms with Gasteiger partial charge in [0.05, 0.1) is 7.14 Å². The van der Waals surface area contributed by atoms with E-state index in [4.69, 9.17) is 16.3 Å². The standard InChI is InChI=1S/C23H15ClI2N2O2/c24-18-7-4-8-19(12-18)28-23(29)17(13-27)9-16-10-20(25)22(21(26)11-16)30-14-15-5-2-1-3-6-15/h1-12H,14H2,(H,28,29)/b17-9+. The molecule has 0 aliphatic carbocycles. The van der Waals surface area contributed by atoms with E-state index in [-0.39, 0.29) is 5.57 Å². The molecule has 7 heteroatoms. The molecule has 30 heavy (non-hydrogen) atoms. The Morgan fingerprint density at radius 1 is 1.07 bits per heavy atom. The van der Waals surface area contributed by atoms with Crippen LogP contribution in [0, 0.1) is 18.5 Å². The summed E-state index contributed by atoms with van der Waals surface area (Å²) in [7, 11) is 0. The Morgan fingerprint density at radius 2 is 1.77 bits per heavy atom. The number of ether oxygens (including phenoxy) is 1. The highest BCUT2D eigenvalue weighted by molar-refractivity contribution is 14.1. The van der Waals surface area contributed by atoms with Crippen LogP contribution in [0.1, 0.15) is 11.1 Å². The molecule has 0 saturated heterocycles. The Balaban J connectivity index is 1.77. The molecular formula is C23H15ClI2N2O2. The van der Waals surface area contributed by atoms with E-state index < -0.39 is 5.91 Å².